The topological polar surface area (TPSA) is 46.2 Å². The number of nitrogens with one attached hydrogen (secondary N) is 1. The molecule has 2 rings (SSSR count). The van der Waals surface area contributed by atoms with Crippen LogP contribution in [0.4, 0.5) is 23.2 Å². The molecule has 1 N–H and O–H groups in total. The van der Waals surface area contributed by atoms with Crippen LogP contribution in [0.1, 0.15) is 18.1 Å². The van der Waals surface area contributed by atoms with E-state index in [0.717, 1.165) is 31.2 Å². The monoisotopic (exact) mass is 351 g/mol. The number of amides is 1. The lowest BCUT2D eigenvalue weighted by Crippen LogP contribution is -2.21. The van der Waals surface area contributed by atoms with Crippen molar-refractivity contribution in [2.75, 3.05) is 5.32 Å². The van der Waals surface area contributed by atoms with Gasteiger partial charge in [0.1, 0.15) is 5.82 Å². The predicted octanol–water partition coefficient (Wildman–Crippen LogP) is 4.46. The molecule has 0 radical (unpaired) electrons. The van der Waals surface area contributed by atoms with Crippen molar-refractivity contribution >= 4 is 23.5 Å². The summed E-state index contributed by atoms with van der Waals surface area (Å²) in [5, 5.41) is 2.09. The molecule has 0 atom stereocenters. The van der Waals surface area contributed by atoms with E-state index in [0.29, 0.717) is 0 Å². The van der Waals surface area contributed by atoms with Crippen LogP contribution in [0.3, 0.4) is 0 Å². The maximum absolute atomic E-state index is 13.2. The van der Waals surface area contributed by atoms with Crippen molar-refractivity contribution in [3.8, 4) is 0 Å². The van der Waals surface area contributed by atoms with Gasteiger partial charge in [0, 0.05) is 0 Å². The number of benzene rings is 2. The molecule has 25 heavy (non-hydrogen) atoms. The number of alkyl halides is 3. The van der Waals surface area contributed by atoms with Gasteiger partial charge in [-0.25, -0.2) is 4.39 Å². The smallest absolute Gasteiger partial charge is 0.321 e. The molecule has 0 aliphatic heterocycles. The van der Waals surface area contributed by atoms with E-state index >= 15 is 0 Å². The number of hydrogen-bond acceptors (Lipinski definition) is 2. The molecule has 1 amide bonds. The van der Waals surface area contributed by atoms with Gasteiger partial charge in [-0.2, -0.15) is 13.2 Å². The minimum Gasteiger partial charge on any atom is -0.321 e. The number of anilines is 1. The lowest BCUT2D eigenvalue weighted by Gasteiger charge is -2.14. The Morgan fingerprint density at radius 3 is 2.32 bits per heavy atom. The van der Waals surface area contributed by atoms with Crippen LogP contribution < -0.4 is 5.32 Å². The first kappa shape index (κ1) is 18.4. The van der Waals surface area contributed by atoms with Crippen molar-refractivity contribution in [1.82, 2.24) is 0 Å². The van der Waals surface area contributed by atoms with Gasteiger partial charge in [0.25, 0.3) is 5.91 Å². The molecule has 3 nitrogen and oxygen atoms in total. The standard InChI is InChI=1S/C18H13F4NO2/c1-11(24)14(10-12-5-4-6-13(19)9-12)17(25)23-16-8-3-2-7-15(16)18(20,21)22/h2-10H,1H3,(H,23,25)/b14-10+. The SMILES string of the molecule is CC(=O)/C(=C\c1cccc(F)c1)C(=O)Nc1ccccc1C(F)(F)F. The highest BCUT2D eigenvalue weighted by Crippen LogP contribution is 2.34. The van der Waals surface area contributed by atoms with Crippen molar-refractivity contribution in [2.45, 2.75) is 13.1 Å². The second kappa shape index (κ2) is 7.29. The second-order valence-electron chi connectivity index (χ2n) is 5.17. The van der Waals surface area contributed by atoms with Crippen LogP contribution in [-0.2, 0) is 15.8 Å². The summed E-state index contributed by atoms with van der Waals surface area (Å²) in [6, 6.07) is 9.55. The molecular weight excluding hydrogens is 338 g/mol. The zero-order chi connectivity index (χ0) is 18.6. The first-order chi connectivity index (χ1) is 11.7. The summed E-state index contributed by atoms with van der Waals surface area (Å²) in [5.41, 5.74) is -1.64. The van der Waals surface area contributed by atoms with Crippen molar-refractivity contribution in [3.63, 3.8) is 0 Å². The molecule has 0 saturated carbocycles. The van der Waals surface area contributed by atoms with Gasteiger partial charge in [-0.15, -0.1) is 0 Å². The third-order valence-corrected chi connectivity index (χ3v) is 3.26. The van der Waals surface area contributed by atoms with Gasteiger partial charge in [0.05, 0.1) is 16.8 Å². The van der Waals surface area contributed by atoms with Crippen LogP contribution in [0, 0.1) is 5.82 Å². The Labute approximate surface area is 141 Å². The number of Topliss-reactive ketones (excluding diaryl/α,β-unsaturated/α-hetero) is 1. The Kier molecular flexibility index (Phi) is 5.36. The third-order valence-electron chi connectivity index (χ3n) is 3.26. The molecule has 0 aromatic heterocycles. The van der Waals surface area contributed by atoms with E-state index in [4.69, 9.17) is 0 Å². The van der Waals surface area contributed by atoms with Crippen LogP contribution in [0.5, 0.6) is 0 Å². The maximum atomic E-state index is 13.2. The van der Waals surface area contributed by atoms with Crippen LogP contribution in [-0.4, -0.2) is 11.7 Å². The maximum Gasteiger partial charge on any atom is 0.418 e. The summed E-state index contributed by atoms with van der Waals surface area (Å²) in [4.78, 5) is 24.0. The molecule has 0 aliphatic carbocycles. The number of para-hydroxylation sites is 1. The van der Waals surface area contributed by atoms with Gasteiger partial charge in [-0.3, -0.25) is 9.59 Å². The number of carbonyl (C=O) groups excluding carboxylic acids is 2. The van der Waals surface area contributed by atoms with Crippen LogP contribution in [0.15, 0.2) is 54.1 Å². The highest BCUT2D eigenvalue weighted by Gasteiger charge is 2.33. The molecule has 130 valence electrons. The average Bonchev–Trinajstić information content (AvgIpc) is 2.51. The molecule has 0 bridgehead atoms. The second-order valence-corrected chi connectivity index (χ2v) is 5.17. The Balaban J connectivity index is 2.36. The van der Waals surface area contributed by atoms with E-state index in [-0.39, 0.29) is 11.1 Å². The molecule has 0 heterocycles. The Morgan fingerprint density at radius 2 is 1.72 bits per heavy atom. The Hall–Kier alpha value is -2.96. The number of carbonyl (C=O) groups is 2. The van der Waals surface area contributed by atoms with E-state index in [1.54, 1.807) is 0 Å². The number of halogens is 4. The fourth-order valence-corrected chi connectivity index (χ4v) is 2.12. The van der Waals surface area contributed by atoms with E-state index in [1.807, 2.05) is 0 Å². The number of rotatable bonds is 4. The summed E-state index contributed by atoms with van der Waals surface area (Å²) < 4.78 is 52.1. The van der Waals surface area contributed by atoms with Gasteiger partial charge in [0.2, 0.25) is 0 Å². The molecule has 0 unspecified atom stereocenters. The summed E-state index contributed by atoms with van der Waals surface area (Å²) in [5.74, 6) is -2.24. The fraction of sp³-hybridized carbons (Fsp3) is 0.111. The van der Waals surface area contributed by atoms with Crippen molar-refractivity contribution in [1.29, 1.82) is 0 Å². The van der Waals surface area contributed by atoms with Crippen LogP contribution in [0.25, 0.3) is 6.08 Å². The fourth-order valence-electron chi connectivity index (χ4n) is 2.12. The molecule has 0 saturated heterocycles. The Bertz CT molecular complexity index is 841. The van der Waals surface area contributed by atoms with Crippen molar-refractivity contribution < 1.29 is 27.2 Å². The van der Waals surface area contributed by atoms with Gasteiger partial charge in [-0.05, 0) is 42.8 Å². The van der Waals surface area contributed by atoms with Crippen LogP contribution in [0.2, 0.25) is 0 Å². The van der Waals surface area contributed by atoms with E-state index in [2.05, 4.69) is 5.32 Å². The van der Waals surface area contributed by atoms with E-state index in [1.165, 1.54) is 30.3 Å². The van der Waals surface area contributed by atoms with E-state index < -0.39 is 34.9 Å². The van der Waals surface area contributed by atoms with Gasteiger partial charge in [0.15, 0.2) is 5.78 Å². The summed E-state index contributed by atoms with van der Waals surface area (Å²) in [7, 11) is 0. The largest absolute Gasteiger partial charge is 0.418 e. The minimum atomic E-state index is -4.66. The normalized spacial score (nSPS) is 12.0. The van der Waals surface area contributed by atoms with Gasteiger partial charge < -0.3 is 5.32 Å². The first-order valence-electron chi connectivity index (χ1n) is 7.14. The van der Waals surface area contributed by atoms with Crippen LogP contribution >= 0.6 is 0 Å². The lowest BCUT2D eigenvalue weighted by molar-refractivity contribution is -0.137. The average molecular weight is 351 g/mol. The molecular formula is C18H13F4NO2. The molecule has 0 fully saturated rings. The summed E-state index contributed by atoms with van der Waals surface area (Å²) in [6.45, 7) is 1.10. The molecule has 0 aliphatic rings. The molecule has 7 heteroatoms. The number of hydrogen-bond donors (Lipinski definition) is 1. The zero-order valence-corrected chi connectivity index (χ0v) is 13.0. The minimum absolute atomic E-state index is 0.240. The highest BCUT2D eigenvalue weighted by molar-refractivity contribution is 6.25. The highest BCUT2D eigenvalue weighted by atomic mass is 19.4. The zero-order valence-electron chi connectivity index (χ0n) is 13.0. The Morgan fingerprint density at radius 1 is 1.04 bits per heavy atom. The lowest BCUT2D eigenvalue weighted by atomic mass is 10.1. The summed E-state index contributed by atoms with van der Waals surface area (Å²) in [6.07, 6.45) is -3.54. The van der Waals surface area contributed by atoms with Crippen molar-refractivity contribution in [3.05, 3.63) is 71.0 Å². The summed E-state index contributed by atoms with van der Waals surface area (Å²) >= 11 is 0. The third kappa shape index (κ3) is 4.76. The molecule has 2 aromatic carbocycles. The van der Waals surface area contributed by atoms with Crippen molar-refractivity contribution in [2.24, 2.45) is 0 Å². The predicted molar refractivity (Wildman–Crippen MR) is 85.1 cm³/mol. The molecule has 2 aromatic rings. The van der Waals surface area contributed by atoms with Gasteiger partial charge >= 0.3 is 6.18 Å². The molecule has 0 spiro atoms. The number of ketones is 1. The first-order valence-corrected chi connectivity index (χ1v) is 7.14. The van der Waals surface area contributed by atoms with Gasteiger partial charge in [-0.1, -0.05) is 24.3 Å². The quantitative estimate of drug-likeness (QED) is 0.383. The van der Waals surface area contributed by atoms with E-state index in [9.17, 15) is 27.2 Å².